The number of imidazole rings is 1. The highest BCUT2D eigenvalue weighted by Crippen LogP contribution is 2.32. The molecule has 0 atom stereocenters. The number of amides is 1. The number of nitrogens with zero attached hydrogens (tertiary/aromatic N) is 2. The lowest BCUT2D eigenvalue weighted by Gasteiger charge is -2.06. The topological polar surface area (TPSA) is 116 Å². The van der Waals surface area contributed by atoms with Gasteiger partial charge in [0.05, 0.1) is 22.3 Å². The van der Waals surface area contributed by atoms with Crippen molar-refractivity contribution in [3.8, 4) is 17.5 Å². The molecule has 0 fully saturated rings. The number of sulfone groups is 1. The molecule has 7 nitrogen and oxygen atoms in total. The number of thioether (sulfide) groups is 1. The van der Waals surface area contributed by atoms with Gasteiger partial charge >= 0.3 is 0 Å². The van der Waals surface area contributed by atoms with Crippen LogP contribution < -0.4 is 5.32 Å². The average molecular weight is 475 g/mol. The van der Waals surface area contributed by atoms with Gasteiger partial charge in [-0.3, -0.25) is 4.79 Å². The predicted molar refractivity (Wildman–Crippen MR) is 126 cm³/mol. The maximum absolute atomic E-state index is 13.3. The fraction of sp³-hybridized carbons (Fsp3) is 0.0417. The van der Waals surface area contributed by atoms with E-state index in [0.29, 0.717) is 17.1 Å². The van der Waals surface area contributed by atoms with Crippen LogP contribution in [0, 0.1) is 11.3 Å². The normalized spacial score (nSPS) is 11.0. The van der Waals surface area contributed by atoms with Crippen LogP contribution in [0.3, 0.4) is 0 Å². The van der Waals surface area contributed by atoms with Crippen LogP contribution >= 0.6 is 11.8 Å². The molecule has 4 aromatic rings. The number of hydrogen-bond acceptors (Lipinski definition) is 6. The number of rotatable bonds is 7. The maximum Gasteiger partial charge on any atom is 0.234 e. The molecule has 0 radical (unpaired) electrons. The Morgan fingerprint density at radius 2 is 1.70 bits per heavy atom. The highest BCUT2D eigenvalue weighted by molar-refractivity contribution is 8.00. The molecule has 4 rings (SSSR count). The van der Waals surface area contributed by atoms with Gasteiger partial charge in [0.2, 0.25) is 15.7 Å². The molecule has 33 heavy (non-hydrogen) atoms. The van der Waals surface area contributed by atoms with E-state index in [0.717, 1.165) is 17.3 Å². The first-order chi connectivity index (χ1) is 16.0. The van der Waals surface area contributed by atoms with Crippen molar-refractivity contribution in [3.63, 3.8) is 0 Å². The third kappa shape index (κ3) is 5.14. The van der Waals surface area contributed by atoms with Gasteiger partial charge in [-0.1, -0.05) is 66.4 Å². The number of benzene rings is 3. The highest BCUT2D eigenvalue weighted by Gasteiger charge is 2.26. The first-order valence-electron chi connectivity index (χ1n) is 9.86. The third-order valence-corrected chi connectivity index (χ3v) is 7.45. The standard InChI is InChI=1S/C24H18N4O3S2/c25-15-17-8-7-11-19(14-17)26-21(29)16-32-23-24(33(30,31)20-12-5-2-6-13-20)28-22(27-23)18-9-3-1-4-10-18/h1-14H,16H2,(H,26,29)(H,27,28). The molecule has 1 heterocycles. The van der Waals surface area contributed by atoms with E-state index >= 15 is 0 Å². The Labute approximate surface area is 195 Å². The second-order valence-corrected chi connectivity index (χ2v) is 9.78. The minimum absolute atomic E-state index is 0.0585. The summed E-state index contributed by atoms with van der Waals surface area (Å²) in [6.07, 6.45) is 0. The molecule has 9 heteroatoms. The van der Waals surface area contributed by atoms with Gasteiger partial charge in [-0.25, -0.2) is 13.4 Å². The third-order valence-electron chi connectivity index (χ3n) is 4.62. The second kappa shape index (κ2) is 9.73. The lowest BCUT2D eigenvalue weighted by atomic mass is 10.2. The van der Waals surface area contributed by atoms with Gasteiger partial charge in [-0.2, -0.15) is 5.26 Å². The van der Waals surface area contributed by atoms with Gasteiger partial charge in [0.15, 0.2) is 5.03 Å². The highest BCUT2D eigenvalue weighted by atomic mass is 32.2. The lowest BCUT2D eigenvalue weighted by Crippen LogP contribution is -2.14. The van der Waals surface area contributed by atoms with Gasteiger partial charge < -0.3 is 10.3 Å². The van der Waals surface area contributed by atoms with Crippen molar-refractivity contribution in [1.82, 2.24) is 9.97 Å². The minimum Gasteiger partial charge on any atom is -0.328 e. The van der Waals surface area contributed by atoms with Gasteiger partial charge in [-0.15, -0.1) is 0 Å². The maximum atomic E-state index is 13.3. The number of nitriles is 1. The summed E-state index contributed by atoms with van der Waals surface area (Å²) in [6, 6.07) is 25.8. The first-order valence-corrected chi connectivity index (χ1v) is 12.3. The molecular weight excluding hydrogens is 456 g/mol. The summed E-state index contributed by atoms with van der Waals surface area (Å²) >= 11 is 1.02. The van der Waals surface area contributed by atoms with Gasteiger partial charge in [0.25, 0.3) is 0 Å². The van der Waals surface area contributed by atoms with Crippen molar-refractivity contribution < 1.29 is 13.2 Å². The van der Waals surface area contributed by atoms with Gasteiger partial charge in [-0.05, 0) is 30.3 Å². The number of H-pyrrole nitrogens is 1. The quantitative estimate of drug-likeness (QED) is 0.381. The van der Waals surface area contributed by atoms with E-state index in [1.807, 2.05) is 36.4 Å². The Morgan fingerprint density at radius 3 is 2.39 bits per heavy atom. The minimum atomic E-state index is -3.88. The zero-order chi connectivity index (χ0) is 23.3. The Balaban J connectivity index is 1.62. The molecule has 1 amide bonds. The monoisotopic (exact) mass is 474 g/mol. The molecule has 1 aromatic heterocycles. The van der Waals surface area contributed by atoms with E-state index in [9.17, 15) is 13.2 Å². The van der Waals surface area contributed by atoms with Crippen molar-refractivity contribution in [2.24, 2.45) is 0 Å². The Kier molecular flexibility index (Phi) is 6.58. The SMILES string of the molecule is N#Cc1cccc(NC(=O)CSc2nc(-c3ccccc3)[nH]c2S(=O)(=O)c2ccccc2)c1. The summed E-state index contributed by atoms with van der Waals surface area (Å²) in [5, 5.41) is 11.9. The zero-order valence-corrected chi connectivity index (χ0v) is 18.9. The largest absolute Gasteiger partial charge is 0.328 e. The smallest absolute Gasteiger partial charge is 0.234 e. The molecule has 0 aliphatic heterocycles. The van der Waals surface area contributed by atoms with Crippen LogP contribution in [0.2, 0.25) is 0 Å². The summed E-state index contributed by atoms with van der Waals surface area (Å²) in [6.45, 7) is 0. The Bertz CT molecular complexity index is 1430. The zero-order valence-electron chi connectivity index (χ0n) is 17.2. The molecule has 0 aliphatic rings. The molecule has 3 aromatic carbocycles. The molecule has 0 saturated heterocycles. The second-order valence-electron chi connectivity index (χ2n) is 6.93. The lowest BCUT2D eigenvalue weighted by molar-refractivity contribution is -0.113. The summed E-state index contributed by atoms with van der Waals surface area (Å²) in [5.74, 6) is -0.00941. The van der Waals surface area contributed by atoms with Crippen LogP contribution in [0.25, 0.3) is 11.4 Å². The number of aromatic nitrogens is 2. The molecule has 0 spiro atoms. The number of nitrogens with one attached hydrogen (secondary N) is 2. The first kappa shape index (κ1) is 22.3. The van der Waals surface area contributed by atoms with Crippen molar-refractivity contribution in [1.29, 1.82) is 5.26 Å². The van der Waals surface area contributed by atoms with Crippen LogP contribution in [0.15, 0.2) is 99.9 Å². The number of hydrogen-bond donors (Lipinski definition) is 2. The summed E-state index contributed by atoms with van der Waals surface area (Å²) in [7, 11) is -3.88. The van der Waals surface area contributed by atoms with Crippen molar-refractivity contribution >= 4 is 33.2 Å². The number of aromatic amines is 1. The van der Waals surface area contributed by atoms with Gasteiger partial charge in [0.1, 0.15) is 10.9 Å². The van der Waals surface area contributed by atoms with E-state index in [-0.39, 0.29) is 26.6 Å². The number of anilines is 1. The molecule has 2 N–H and O–H groups in total. The van der Waals surface area contributed by atoms with Gasteiger partial charge in [0, 0.05) is 11.3 Å². The van der Waals surface area contributed by atoms with Crippen molar-refractivity contribution in [3.05, 3.63) is 90.5 Å². The average Bonchev–Trinajstić information content (AvgIpc) is 3.29. The van der Waals surface area contributed by atoms with E-state index in [1.165, 1.54) is 12.1 Å². The molecule has 0 bridgehead atoms. The van der Waals surface area contributed by atoms with Crippen LogP contribution in [-0.4, -0.2) is 30.0 Å². The fourth-order valence-electron chi connectivity index (χ4n) is 3.07. The number of carbonyl (C=O) groups is 1. The summed E-state index contributed by atoms with van der Waals surface area (Å²) in [5.41, 5.74) is 1.65. The van der Waals surface area contributed by atoms with E-state index < -0.39 is 9.84 Å². The van der Waals surface area contributed by atoms with E-state index in [4.69, 9.17) is 5.26 Å². The van der Waals surface area contributed by atoms with Crippen LogP contribution in [0.5, 0.6) is 0 Å². The van der Waals surface area contributed by atoms with Crippen LogP contribution in [0.4, 0.5) is 5.69 Å². The Morgan fingerprint density at radius 1 is 1.00 bits per heavy atom. The summed E-state index contributed by atoms with van der Waals surface area (Å²) in [4.78, 5) is 20.0. The summed E-state index contributed by atoms with van der Waals surface area (Å²) < 4.78 is 26.6. The molecule has 164 valence electrons. The van der Waals surface area contributed by atoms with Crippen molar-refractivity contribution in [2.45, 2.75) is 14.9 Å². The fourth-order valence-corrected chi connectivity index (χ4v) is 5.51. The van der Waals surface area contributed by atoms with Crippen molar-refractivity contribution in [2.75, 3.05) is 11.1 Å². The molecular formula is C24H18N4O3S2. The van der Waals surface area contributed by atoms with Crippen LogP contribution in [-0.2, 0) is 14.6 Å². The molecule has 0 saturated carbocycles. The number of carbonyl (C=O) groups excluding carboxylic acids is 1. The van der Waals surface area contributed by atoms with E-state index in [2.05, 4.69) is 15.3 Å². The predicted octanol–water partition coefficient (Wildman–Crippen LogP) is 4.51. The van der Waals surface area contributed by atoms with E-state index in [1.54, 1.807) is 42.5 Å². The molecule has 0 unspecified atom stereocenters. The molecule has 0 aliphatic carbocycles. The van der Waals surface area contributed by atoms with Crippen LogP contribution in [0.1, 0.15) is 5.56 Å². The Hall–Kier alpha value is -3.87.